The lowest BCUT2D eigenvalue weighted by Crippen LogP contribution is -2.39. The summed E-state index contributed by atoms with van der Waals surface area (Å²) in [5.74, 6) is 1.65. The van der Waals surface area contributed by atoms with Gasteiger partial charge in [-0.25, -0.2) is 19.9 Å². The number of benzene rings is 1. The number of rotatable bonds is 7. The van der Waals surface area contributed by atoms with Crippen molar-refractivity contribution in [1.29, 1.82) is 0 Å². The summed E-state index contributed by atoms with van der Waals surface area (Å²) in [4.78, 5) is 18.9. The zero-order valence-corrected chi connectivity index (χ0v) is 20.6. The van der Waals surface area contributed by atoms with Gasteiger partial charge >= 0.3 is 0 Å². The van der Waals surface area contributed by atoms with E-state index in [0.717, 1.165) is 35.5 Å². The van der Waals surface area contributed by atoms with E-state index in [9.17, 15) is 5.11 Å². The Labute approximate surface area is 202 Å². The average Bonchev–Trinajstić information content (AvgIpc) is 3.50. The summed E-state index contributed by atoms with van der Waals surface area (Å²) in [7, 11) is 0. The number of nitrogens with one attached hydrogen (secondary N) is 1. The van der Waals surface area contributed by atoms with Crippen LogP contribution in [0.2, 0.25) is 0 Å². The maximum Gasteiger partial charge on any atom is 0.227 e. The molecule has 2 unspecified atom stereocenters. The van der Waals surface area contributed by atoms with E-state index >= 15 is 0 Å². The van der Waals surface area contributed by atoms with Gasteiger partial charge in [-0.15, -0.1) is 0 Å². The number of hydrogen-bond acceptors (Lipinski definition) is 9. The number of imidazole rings is 1. The average molecular weight is 480 g/mol. The van der Waals surface area contributed by atoms with Crippen LogP contribution >= 0.6 is 11.8 Å². The van der Waals surface area contributed by atoms with Crippen molar-refractivity contribution in [2.45, 2.75) is 75.3 Å². The Balaban J connectivity index is 1.68. The van der Waals surface area contributed by atoms with Crippen LogP contribution in [0.15, 0.2) is 39.1 Å². The predicted molar refractivity (Wildman–Crippen MR) is 132 cm³/mol. The van der Waals surface area contributed by atoms with Gasteiger partial charge in [0.2, 0.25) is 5.89 Å². The second kappa shape index (κ2) is 9.01. The molecule has 0 spiro atoms. The smallest absolute Gasteiger partial charge is 0.227 e. The highest BCUT2D eigenvalue weighted by Gasteiger charge is 2.28. The standard InChI is InChI=1S/C24H29N7O2S/c1-12(2)29-21(14(4)32)31-22-19(20(25)27-11-28-22)30-24(31)34-18-9-16-7-5-6-15(16)8-17(18)23-26-10-13(3)33-23/h8-12,14,21,29,32H,5-7H2,1-4H3,(H2,25,27,28). The molecule has 9 nitrogen and oxygen atoms in total. The highest BCUT2D eigenvalue weighted by atomic mass is 32.2. The summed E-state index contributed by atoms with van der Waals surface area (Å²) in [6, 6.07) is 4.53. The number of fused-ring (bicyclic) bond motifs is 2. The van der Waals surface area contributed by atoms with E-state index in [-0.39, 0.29) is 6.04 Å². The third kappa shape index (κ3) is 4.17. The van der Waals surface area contributed by atoms with Crippen LogP contribution in [-0.4, -0.2) is 41.8 Å². The summed E-state index contributed by atoms with van der Waals surface area (Å²) in [5, 5.41) is 14.8. The van der Waals surface area contributed by atoms with E-state index < -0.39 is 12.3 Å². The van der Waals surface area contributed by atoms with Crippen molar-refractivity contribution in [2.24, 2.45) is 0 Å². The fourth-order valence-electron chi connectivity index (χ4n) is 4.43. The van der Waals surface area contributed by atoms with E-state index in [1.807, 2.05) is 25.3 Å². The lowest BCUT2D eigenvalue weighted by molar-refractivity contribution is 0.101. The second-order valence-electron chi connectivity index (χ2n) is 9.05. The first kappa shape index (κ1) is 22.8. The molecule has 3 heterocycles. The molecule has 1 aromatic carbocycles. The summed E-state index contributed by atoms with van der Waals surface area (Å²) in [6.07, 6.45) is 5.25. The molecule has 0 fully saturated rings. The predicted octanol–water partition coefficient (Wildman–Crippen LogP) is 3.89. The molecule has 0 radical (unpaired) electrons. The van der Waals surface area contributed by atoms with Crippen molar-refractivity contribution in [1.82, 2.24) is 29.8 Å². The van der Waals surface area contributed by atoms with Crippen LogP contribution in [0.5, 0.6) is 0 Å². The van der Waals surface area contributed by atoms with Crippen LogP contribution in [-0.2, 0) is 12.8 Å². The second-order valence-corrected chi connectivity index (χ2v) is 10.1. The minimum atomic E-state index is -0.704. The van der Waals surface area contributed by atoms with Crippen LogP contribution in [0.1, 0.15) is 50.2 Å². The third-order valence-electron chi connectivity index (χ3n) is 5.96. The van der Waals surface area contributed by atoms with Gasteiger partial charge in [0.05, 0.1) is 17.9 Å². The molecule has 1 aliphatic carbocycles. The van der Waals surface area contributed by atoms with Gasteiger partial charge in [0.15, 0.2) is 22.1 Å². The number of nitrogens with zero attached hydrogens (tertiary/aromatic N) is 5. The molecule has 5 rings (SSSR count). The molecular formula is C24H29N7O2S. The summed E-state index contributed by atoms with van der Waals surface area (Å²) in [6.45, 7) is 7.71. The van der Waals surface area contributed by atoms with Crippen molar-refractivity contribution >= 4 is 28.7 Å². The van der Waals surface area contributed by atoms with Crippen molar-refractivity contribution < 1.29 is 9.52 Å². The first-order valence-corrected chi connectivity index (χ1v) is 12.3. The molecule has 178 valence electrons. The highest BCUT2D eigenvalue weighted by Crippen LogP contribution is 2.41. The Bertz CT molecular complexity index is 1340. The van der Waals surface area contributed by atoms with E-state index in [1.165, 1.54) is 29.2 Å². The molecule has 10 heteroatoms. The normalized spacial score (nSPS) is 15.2. The topological polar surface area (TPSA) is 128 Å². The lowest BCUT2D eigenvalue weighted by Gasteiger charge is -2.27. The minimum absolute atomic E-state index is 0.125. The van der Waals surface area contributed by atoms with Gasteiger partial charge in [0, 0.05) is 10.9 Å². The number of aliphatic hydroxyl groups excluding tert-OH is 1. The molecule has 0 aliphatic heterocycles. The number of hydrogen-bond donors (Lipinski definition) is 3. The molecule has 34 heavy (non-hydrogen) atoms. The Kier molecular flexibility index (Phi) is 6.05. The molecule has 0 saturated carbocycles. The zero-order chi connectivity index (χ0) is 24.0. The van der Waals surface area contributed by atoms with E-state index in [2.05, 4.69) is 32.4 Å². The van der Waals surface area contributed by atoms with E-state index in [1.54, 1.807) is 13.1 Å². The minimum Gasteiger partial charge on any atom is -0.441 e. The van der Waals surface area contributed by atoms with Crippen molar-refractivity contribution in [3.63, 3.8) is 0 Å². The molecule has 4 N–H and O–H groups in total. The zero-order valence-electron chi connectivity index (χ0n) is 19.7. The van der Waals surface area contributed by atoms with E-state index in [4.69, 9.17) is 15.1 Å². The maximum absolute atomic E-state index is 10.7. The molecule has 3 aromatic heterocycles. The quantitative estimate of drug-likeness (QED) is 0.361. The molecule has 2 atom stereocenters. The van der Waals surface area contributed by atoms with Gasteiger partial charge in [-0.1, -0.05) is 11.8 Å². The third-order valence-corrected chi connectivity index (χ3v) is 6.99. The fourth-order valence-corrected chi connectivity index (χ4v) is 5.52. The lowest BCUT2D eigenvalue weighted by atomic mass is 10.1. The van der Waals surface area contributed by atoms with Gasteiger partial charge in [-0.3, -0.25) is 9.88 Å². The highest BCUT2D eigenvalue weighted by molar-refractivity contribution is 7.99. The largest absolute Gasteiger partial charge is 0.441 e. The van der Waals surface area contributed by atoms with Gasteiger partial charge in [-0.05, 0) is 70.2 Å². The number of anilines is 1. The summed E-state index contributed by atoms with van der Waals surface area (Å²) >= 11 is 1.50. The van der Waals surface area contributed by atoms with E-state index in [0.29, 0.717) is 28.0 Å². The van der Waals surface area contributed by atoms with Gasteiger partial charge in [0.1, 0.15) is 18.3 Å². The van der Waals surface area contributed by atoms with Crippen molar-refractivity contribution in [2.75, 3.05) is 5.73 Å². The number of aromatic nitrogens is 5. The summed E-state index contributed by atoms with van der Waals surface area (Å²) in [5.41, 5.74) is 10.9. The molecule has 0 bridgehead atoms. The fraction of sp³-hybridized carbons (Fsp3) is 0.417. The van der Waals surface area contributed by atoms with Gasteiger partial charge in [-0.2, -0.15) is 0 Å². The summed E-state index contributed by atoms with van der Waals surface area (Å²) < 4.78 is 7.83. The molecule has 4 aromatic rings. The molecule has 0 saturated heterocycles. The number of aryl methyl sites for hydroxylation is 3. The maximum atomic E-state index is 10.7. The monoisotopic (exact) mass is 479 g/mol. The Morgan fingerprint density at radius 3 is 2.59 bits per heavy atom. The first-order chi connectivity index (χ1) is 16.3. The van der Waals surface area contributed by atoms with Crippen LogP contribution in [0.3, 0.4) is 0 Å². The Morgan fingerprint density at radius 1 is 1.15 bits per heavy atom. The number of nitrogen functional groups attached to an aromatic ring is 1. The molecule has 1 aliphatic rings. The molecule has 0 amide bonds. The van der Waals surface area contributed by atoms with Crippen LogP contribution in [0, 0.1) is 6.92 Å². The van der Waals surface area contributed by atoms with Crippen LogP contribution in [0.4, 0.5) is 5.82 Å². The Hall–Kier alpha value is -2.95. The Morgan fingerprint density at radius 2 is 1.91 bits per heavy atom. The van der Waals surface area contributed by atoms with Crippen molar-refractivity contribution in [3.05, 3.63) is 41.5 Å². The van der Waals surface area contributed by atoms with Crippen LogP contribution in [0.25, 0.3) is 22.6 Å². The van der Waals surface area contributed by atoms with Gasteiger partial charge < -0.3 is 15.3 Å². The number of aliphatic hydroxyl groups is 1. The first-order valence-electron chi connectivity index (χ1n) is 11.5. The molecular weight excluding hydrogens is 450 g/mol. The van der Waals surface area contributed by atoms with Gasteiger partial charge in [0.25, 0.3) is 0 Å². The SMILES string of the molecule is Cc1cnc(-c2cc3c(cc2Sc2nc4c(N)ncnc4n2C(NC(C)C)C(C)O)CCC3)o1. The number of oxazole rings is 1. The number of nitrogens with two attached hydrogens (primary N) is 1. The van der Waals surface area contributed by atoms with Crippen molar-refractivity contribution in [3.8, 4) is 11.5 Å². The van der Waals surface area contributed by atoms with Crippen LogP contribution < -0.4 is 11.1 Å².